The topological polar surface area (TPSA) is 13.1 Å². The molecular weight excluding hydrogens is 162 g/mol. The van der Waals surface area contributed by atoms with E-state index in [0.717, 1.165) is 0 Å². The molecule has 1 aromatic rings. The lowest BCUT2D eigenvalue weighted by atomic mass is 10.4. The highest BCUT2D eigenvalue weighted by Gasteiger charge is 2.08. The maximum atomic E-state index is 12.4. The molecule has 1 rings (SSSR count). The molecule has 0 spiro atoms. The van der Waals surface area contributed by atoms with Crippen molar-refractivity contribution < 1.29 is 13.2 Å². The molecule has 0 atom stereocenters. The molecule has 0 saturated heterocycles. The van der Waals surface area contributed by atoms with Crippen molar-refractivity contribution in [1.29, 1.82) is 0 Å². The van der Waals surface area contributed by atoms with Crippen LogP contribution in [0.25, 0.3) is 5.83 Å². The van der Waals surface area contributed by atoms with Gasteiger partial charge in [0.05, 0.1) is 6.26 Å². The summed E-state index contributed by atoms with van der Waals surface area (Å²) in [6, 6.07) is 2.71. The van der Waals surface area contributed by atoms with Crippen molar-refractivity contribution in [3.05, 3.63) is 29.4 Å². The van der Waals surface area contributed by atoms with E-state index in [-0.39, 0.29) is 5.76 Å². The first kappa shape index (κ1) is 7.28. The highest BCUT2D eigenvalue weighted by molar-refractivity contribution is 6.30. The van der Waals surface area contributed by atoms with E-state index in [0.29, 0.717) is 0 Å². The van der Waals surface area contributed by atoms with Crippen molar-refractivity contribution in [3.8, 4) is 0 Å². The third-order valence-corrected chi connectivity index (χ3v) is 1.07. The predicted molar refractivity (Wildman–Crippen MR) is 33.7 cm³/mol. The van der Waals surface area contributed by atoms with E-state index < -0.39 is 11.1 Å². The zero-order valence-electron chi connectivity index (χ0n) is 4.77. The first-order valence-corrected chi connectivity index (χ1v) is 2.84. The summed E-state index contributed by atoms with van der Waals surface area (Å²) in [5, 5.41) is -1.39. The molecule has 0 aromatic carbocycles. The average Bonchev–Trinajstić information content (AvgIpc) is 2.36. The molecule has 1 heterocycles. The Balaban J connectivity index is 2.99. The Labute approximate surface area is 60.9 Å². The van der Waals surface area contributed by atoms with Crippen LogP contribution in [-0.4, -0.2) is 0 Å². The van der Waals surface area contributed by atoms with Gasteiger partial charge in [0, 0.05) is 0 Å². The normalized spacial score (nSPS) is 13.1. The van der Waals surface area contributed by atoms with Gasteiger partial charge in [-0.15, -0.1) is 0 Å². The molecule has 1 aromatic heterocycles. The summed E-state index contributed by atoms with van der Waals surface area (Å²) < 4.78 is 28.7. The summed E-state index contributed by atoms with van der Waals surface area (Å²) in [7, 11) is 0. The average molecular weight is 165 g/mol. The van der Waals surface area contributed by atoms with Crippen LogP contribution in [0.3, 0.4) is 0 Å². The highest BCUT2D eigenvalue weighted by atomic mass is 35.5. The zero-order chi connectivity index (χ0) is 7.56. The SMILES string of the molecule is F/C(Cl)=C(/F)c1ccco1. The molecule has 4 heteroatoms. The maximum absolute atomic E-state index is 12.4. The van der Waals surface area contributed by atoms with Crippen molar-refractivity contribution in [3.63, 3.8) is 0 Å². The lowest BCUT2D eigenvalue weighted by Crippen LogP contribution is -1.70. The second-order valence-corrected chi connectivity index (χ2v) is 1.88. The largest absolute Gasteiger partial charge is 0.462 e. The molecule has 0 bridgehead atoms. The van der Waals surface area contributed by atoms with Crippen LogP contribution in [0.5, 0.6) is 0 Å². The minimum atomic E-state index is -1.39. The number of rotatable bonds is 1. The van der Waals surface area contributed by atoms with Gasteiger partial charge in [-0.3, -0.25) is 0 Å². The summed E-state index contributed by atoms with van der Waals surface area (Å²) in [5.74, 6) is -1.38. The van der Waals surface area contributed by atoms with Gasteiger partial charge in [0.25, 0.3) is 0 Å². The van der Waals surface area contributed by atoms with Gasteiger partial charge in [-0.2, -0.15) is 8.78 Å². The Bertz CT molecular complexity index is 236. The molecule has 0 aliphatic heterocycles. The number of halogens is 3. The second-order valence-electron chi connectivity index (χ2n) is 1.55. The fourth-order valence-electron chi connectivity index (χ4n) is 0.497. The van der Waals surface area contributed by atoms with Crippen molar-refractivity contribution in [2.75, 3.05) is 0 Å². The van der Waals surface area contributed by atoms with Crippen molar-refractivity contribution in [2.45, 2.75) is 0 Å². The molecule has 0 aliphatic rings. The van der Waals surface area contributed by atoms with E-state index in [2.05, 4.69) is 4.42 Å². The fourth-order valence-corrected chi connectivity index (χ4v) is 0.590. The summed E-state index contributed by atoms with van der Waals surface area (Å²) in [5.41, 5.74) is 0. The van der Waals surface area contributed by atoms with Crippen molar-refractivity contribution in [1.82, 2.24) is 0 Å². The molecule has 1 nitrogen and oxygen atoms in total. The van der Waals surface area contributed by atoms with Crippen LogP contribution in [0.1, 0.15) is 5.76 Å². The van der Waals surface area contributed by atoms with E-state index in [9.17, 15) is 8.78 Å². The second kappa shape index (κ2) is 2.84. The Hall–Kier alpha value is -0.830. The number of furan rings is 1. The standard InChI is InChI=1S/C6H3ClF2O/c7-6(9)5(8)4-2-1-3-10-4/h1-3H/b6-5+. The van der Waals surface area contributed by atoms with E-state index in [1.165, 1.54) is 18.4 Å². The summed E-state index contributed by atoms with van der Waals surface area (Å²) in [4.78, 5) is 0. The van der Waals surface area contributed by atoms with E-state index in [4.69, 9.17) is 11.6 Å². The number of hydrogen-bond acceptors (Lipinski definition) is 1. The van der Waals surface area contributed by atoms with Crippen LogP contribution in [0.4, 0.5) is 8.78 Å². The molecule has 0 fully saturated rings. The molecule has 0 unspecified atom stereocenters. The third-order valence-electron chi connectivity index (χ3n) is 0.903. The molecule has 0 amide bonds. The van der Waals surface area contributed by atoms with Crippen LogP contribution in [-0.2, 0) is 0 Å². The van der Waals surface area contributed by atoms with Gasteiger partial charge in [-0.05, 0) is 23.7 Å². The van der Waals surface area contributed by atoms with Gasteiger partial charge in [0.1, 0.15) is 0 Å². The van der Waals surface area contributed by atoms with E-state index in [1.807, 2.05) is 0 Å². The van der Waals surface area contributed by atoms with Gasteiger partial charge in [0.15, 0.2) is 5.76 Å². The zero-order valence-corrected chi connectivity index (χ0v) is 5.53. The highest BCUT2D eigenvalue weighted by Crippen LogP contribution is 2.23. The molecule has 0 saturated carbocycles. The summed E-state index contributed by atoms with van der Waals surface area (Å²) in [6.07, 6.45) is 1.23. The predicted octanol–water partition coefficient (Wildman–Crippen LogP) is 3.08. The third kappa shape index (κ3) is 1.36. The fraction of sp³-hybridized carbons (Fsp3) is 0. The molecule has 10 heavy (non-hydrogen) atoms. The molecule has 0 N–H and O–H groups in total. The van der Waals surface area contributed by atoms with Crippen LogP contribution >= 0.6 is 11.6 Å². The monoisotopic (exact) mass is 164 g/mol. The Morgan fingerprint density at radius 2 is 2.20 bits per heavy atom. The quantitative estimate of drug-likeness (QED) is 0.622. The Kier molecular flexibility index (Phi) is 2.06. The Morgan fingerprint density at radius 1 is 1.50 bits per heavy atom. The lowest BCUT2D eigenvalue weighted by molar-refractivity contribution is 0.523. The van der Waals surface area contributed by atoms with Gasteiger partial charge in [-0.1, -0.05) is 0 Å². The van der Waals surface area contributed by atoms with Crippen LogP contribution in [0.15, 0.2) is 28.1 Å². The van der Waals surface area contributed by atoms with Gasteiger partial charge in [0.2, 0.25) is 11.1 Å². The van der Waals surface area contributed by atoms with Gasteiger partial charge < -0.3 is 4.42 Å². The minimum Gasteiger partial charge on any atom is -0.462 e. The van der Waals surface area contributed by atoms with Gasteiger partial charge >= 0.3 is 0 Å². The van der Waals surface area contributed by atoms with E-state index >= 15 is 0 Å². The van der Waals surface area contributed by atoms with Crippen LogP contribution in [0, 0.1) is 0 Å². The maximum Gasteiger partial charge on any atom is 0.228 e. The molecule has 0 aliphatic carbocycles. The van der Waals surface area contributed by atoms with Crippen molar-refractivity contribution >= 4 is 17.4 Å². The molecule has 0 radical (unpaired) electrons. The van der Waals surface area contributed by atoms with Crippen LogP contribution in [0.2, 0.25) is 0 Å². The Morgan fingerprint density at radius 3 is 2.60 bits per heavy atom. The summed E-state index contributed by atoms with van der Waals surface area (Å²) in [6.45, 7) is 0. The minimum absolute atomic E-state index is 0.201. The van der Waals surface area contributed by atoms with Crippen LogP contribution < -0.4 is 0 Å². The molecular formula is C6H3ClF2O. The van der Waals surface area contributed by atoms with Gasteiger partial charge in [-0.25, -0.2) is 0 Å². The lowest BCUT2D eigenvalue weighted by Gasteiger charge is -1.87. The van der Waals surface area contributed by atoms with Crippen molar-refractivity contribution in [2.24, 2.45) is 0 Å². The first-order valence-electron chi connectivity index (χ1n) is 2.46. The molecule has 54 valence electrons. The first-order chi connectivity index (χ1) is 4.72. The smallest absolute Gasteiger partial charge is 0.228 e. The number of hydrogen-bond donors (Lipinski definition) is 0. The summed E-state index contributed by atoms with van der Waals surface area (Å²) >= 11 is 4.70. The van der Waals surface area contributed by atoms with E-state index in [1.54, 1.807) is 0 Å².